The lowest BCUT2D eigenvalue weighted by Crippen LogP contribution is -2.35. The Labute approximate surface area is 210 Å². The van der Waals surface area contributed by atoms with Gasteiger partial charge in [0.05, 0.1) is 11.0 Å². The van der Waals surface area contributed by atoms with Gasteiger partial charge in [-0.25, -0.2) is 13.8 Å². The van der Waals surface area contributed by atoms with Crippen LogP contribution in [0.3, 0.4) is 0 Å². The van der Waals surface area contributed by atoms with E-state index in [9.17, 15) is 8.78 Å². The van der Waals surface area contributed by atoms with Crippen LogP contribution in [0.1, 0.15) is 54.6 Å². The maximum Gasteiger partial charge on any atom is 0.123 e. The Morgan fingerprint density at radius 3 is 2.11 bits per heavy atom. The number of aryl methyl sites for hydroxylation is 1. The van der Waals surface area contributed by atoms with E-state index in [2.05, 4.69) is 22.5 Å². The summed E-state index contributed by atoms with van der Waals surface area (Å²) in [6.07, 6.45) is 4.14. The summed E-state index contributed by atoms with van der Waals surface area (Å²) in [5.41, 5.74) is 4.26. The molecule has 6 heteroatoms. The van der Waals surface area contributed by atoms with Crippen molar-refractivity contribution in [3.63, 3.8) is 0 Å². The van der Waals surface area contributed by atoms with Gasteiger partial charge in [0.15, 0.2) is 0 Å². The number of benzene rings is 3. The highest BCUT2D eigenvalue weighted by molar-refractivity contribution is 6.31. The summed E-state index contributed by atoms with van der Waals surface area (Å²) in [5, 5.41) is 0.719. The summed E-state index contributed by atoms with van der Waals surface area (Å²) in [5.74, 6) is 0.694. The van der Waals surface area contributed by atoms with Crippen molar-refractivity contribution >= 4 is 22.6 Å². The molecule has 35 heavy (non-hydrogen) atoms. The molecule has 0 amide bonds. The van der Waals surface area contributed by atoms with Crippen LogP contribution in [0, 0.1) is 18.6 Å². The first-order valence-electron chi connectivity index (χ1n) is 12.4. The number of rotatable bonds is 7. The van der Waals surface area contributed by atoms with Crippen LogP contribution < -0.4 is 0 Å². The molecule has 1 aliphatic heterocycles. The van der Waals surface area contributed by atoms with Gasteiger partial charge in [-0.3, -0.25) is 0 Å². The molecule has 3 aromatic carbocycles. The van der Waals surface area contributed by atoms with Gasteiger partial charge in [0, 0.05) is 30.1 Å². The molecule has 0 N–H and O–H groups in total. The first-order valence-corrected chi connectivity index (χ1v) is 12.7. The van der Waals surface area contributed by atoms with E-state index in [0.717, 1.165) is 78.3 Å². The smallest absolute Gasteiger partial charge is 0.123 e. The van der Waals surface area contributed by atoms with Crippen molar-refractivity contribution in [1.82, 2.24) is 14.5 Å². The summed E-state index contributed by atoms with van der Waals surface area (Å²) in [4.78, 5) is 7.26. The molecule has 4 aromatic rings. The van der Waals surface area contributed by atoms with Crippen LogP contribution in [0.25, 0.3) is 11.0 Å². The standard InChI is InChI=1S/C29H30ClF2N3/c1-20-33-28-19-23(30)8-13-29(28)35(20)26-14-17-34(18-15-26)16-2-3-27(21-4-9-24(31)10-5-21)22-6-11-25(32)12-7-22/h4-13,19,26-27H,2-3,14-18H2,1H3. The van der Waals surface area contributed by atoms with Gasteiger partial charge in [0.25, 0.3) is 0 Å². The average molecular weight is 494 g/mol. The predicted octanol–water partition coefficient (Wildman–Crippen LogP) is 7.53. The molecule has 182 valence electrons. The van der Waals surface area contributed by atoms with Gasteiger partial charge in [-0.2, -0.15) is 0 Å². The lowest BCUT2D eigenvalue weighted by Gasteiger charge is -2.33. The van der Waals surface area contributed by atoms with Crippen LogP contribution in [0.2, 0.25) is 5.02 Å². The normalized spacial score (nSPS) is 15.3. The summed E-state index contributed by atoms with van der Waals surface area (Å²) in [6.45, 7) is 5.19. The zero-order chi connectivity index (χ0) is 24.4. The molecular formula is C29H30ClF2N3. The Morgan fingerprint density at radius 2 is 1.51 bits per heavy atom. The zero-order valence-electron chi connectivity index (χ0n) is 19.9. The SMILES string of the molecule is Cc1nc2cc(Cl)ccc2n1C1CCN(CCCC(c2ccc(F)cc2)c2ccc(F)cc2)CC1. The highest BCUT2D eigenvalue weighted by Crippen LogP contribution is 2.32. The van der Waals surface area contributed by atoms with Crippen molar-refractivity contribution in [3.8, 4) is 0 Å². The molecule has 0 spiro atoms. The van der Waals surface area contributed by atoms with Gasteiger partial charge in [-0.15, -0.1) is 0 Å². The second kappa shape index (κ2) is 10.5. The monoisotopic (exact) mass is 493 g/mol. The van der Waals surface area contributed by atoms with Crippen molar-refractivity contribution in [2.45, 2.75) is 44.6 Å². The number of likely N-dealkylation sites (tertiary alicyclic amines) is 1. The number of fused-ring (bicyclic) bond motifs is 1. The summed E-state index contributed by atoms with van der Waals surface area (Å²) >= 11 is 6.16. The van der Waals surface area contributed by atoms with Gasteiger partial charge in [-0.05, 0) is 92.7 Å². The molecule has 0 radical (unpaired) electrons. The van der Waals surface area contributed by atoms with Crippen LogP contribution in [0.4, 0.5) is 8.78 Å². The van der Waals surface area contributed by atoms with Crippen LogP contribution in [0.15, 0.2) is 66.7 Å². The molecular weight excluding hydrogens is 464 g/mol. The van der Waals surface area contributed by atoms with Crippen LogP contribution >= 0.6 is 11.6 Å². The highest BCUT2D eigenvalue weighted by Gasteiger charge is 2.24. The van der Waals surface area contributed by atoms with Gasteiger partial charge in [0.2, 0.25) is 0 Å². The first-order chi connectivity index (χ1) is 17.0. The number of hydrogen-bond donors (Lipinski definition) is 0. The molecule has 1 saturated heterocycles. The number of imidazole rings is 1. The maximum atomic E-state index is 13.5. The van der Waals surface area contributed by atoms with E-state index in [0.29, 0.717) is 6.04 Å². The van der Waals surface area contributed by atoms with E-state index in [1.54, 1.807) is 0 Å². The minimum Gasteiger partial charge on any atom is -0.325 e. The fourth-order valence-corrected chi connectivity index (χ4v) is 5.66. The number of nitrogens with zero attached hydrogens (tertiary/aromatic N) is 3. The van der Waals surface area contributed by atoms with Crippen molar-refractivity contribution < 1.29 is 8.78 Å². The number of piperidine rings is 1. The molecule has 0 saturated carbocycles. The summed E-state index contributed by atoms with van der Waals surface area (Å²) in [6, 6.07) is 19.8. The third-order valence-electron chi connectivity index (χ3n) is 7.26. The first kappa shape index (κ1) is 24.0. The molecule has 0 atom stereocenters. The Hall–Kier alpha value is -2.76. The lowest BCUT2D eigenvalue weighted by molar-refractivity contribution is 0.184. The summed E-state index contributed by atoms with van der Waals surface area (Å²) in [7, 11) is 0. The van der Waals surface area contributed by atoms with Crippen LogP contribution in [-0.4, -0.2) is 34.1 Å². The van der Waals surface area contributed by atoms with Crippen molar-refractivity contribution in [2.75, 3.05) is 19.6 Å². The molecule has 0 unspecified atom stereocenters. The molecule has 1 aliphatic rings. The van der Waals surface area contributed by atoms with Gasteiger partial charge in [-0.1, -0.05) is 35.9 Å². The van der Waals surface area contributed by atoms with Crippen molar-refractivity contribution in [1.29, 1.82) is 0 Å². The maximum absolute atomic E-state index is 13.5. The Bertz CT molecular complexity index is 1230. The quantitative estimate of drug-likeness (QED) is 0.265. The number of hydrogen-bond acceptors (Lipinski definition) is 2. The predicted molar refractivity (Wildman–Crippen MR) is 138 cm³/mol. The Balaban J connectivity index is 1.20. The largest absolute Gasteiger partial charge is 0.325 e. The van der Waals surface area contributed by atoms with E-state index in [4.69, 9.17) is 16.6 Å². The van der Waals surface area contributed by atoms with E-state index in [1.807, 2.05) is 36.4 Å². The second-order valence-electron chi connectivity index (χ2n) is 9.53. The number of aromatic nitrogens is 2. The van der Waals surface area contributed by atoms with E-state index in [-0.39, 0.29) is 17.6 Å². The van der Waals surface area contributed by atoms with E-state index < -0.39 is 0 Å². The van der Waals surface area contributed by atoms with Gasteiger partial charge >= 0.3 is 0 Å². The molecule has 5 rings (SSSR count). The minimum absolute atomic E-state index is 0.125. The number of halogens is 3. The minimum atomic E-state index is -0.238. The van der Waals surface area contributed by atoms with Crippen LogP contribution in [-0.2, 0) is 0 Å². The fourth-order valence-electron chi connectivity index (χ4n) is 5.49. The van der Waals surface area contributed by atoms with Crippen LogP contribution in [0.5, 0.6) is 0 Å². The molecule has 2 heterocycles. The molecule has 1 aromatic heterocycles. The average Bonchev–Trinajstić information content (AvgIpc) is 3.18. The molecule has 0 bridgehead atoms. The lowest BCUT2D eigenvalue weighted by atomic mass is 9.87. The fraction of sp³-hybridized carbons (Fsp3) is 0.345. The van der Waals surface area contributed by atoms with Crippen molar-refractivity contribution in [3.05, 3.63) is 100 Å². The molecule has 1 fully saturated rings. The van der Waals surface area contributed by atoms with E-state index >= 15 is 0 Å². The van der Waals surface area contributed by atoms with Gasteiger partial charge < -0.3 is 9.47 Å². The van der Waals surface area contributed by atoms with Crippen molar-refractivity contribution in [2.24, 2.45) is 0 Å². The Morgan fingerprint density at radius 1 is 0.914 bits per heavy atom. The second-order valence-corrected chi connectivity index (χ2v) is 9.97. The highest BCUT2D eigenvalue weighted by atomic mass is 35.5. The van der Waals surface area contributed by atoms with Gasteiger partial charge in [0.1, 0.15) is 17.5 Å². The van der Waals surface area contributed by atoms with E-state index in [1.165, 1.54) is 24.3 Å². The topological polar surface area (TPSA) is 21.1 Å². The Kier molecular flexibility index (Phi) is 7.17. The third-order valence-corrected chi connectivity index (χ3v) is 7.50. The summed E-state index contributed by atoms with van der Waals surface area (Å²) < 4.78 is 29.4. The molecule has 0 aliphatic carbocycles. The molecule has 3 nitrogen and oxygen atoms in total. The third kappa shape index (κ3) is 5.41. The zero-order valence-corrected chi connectivity index (χ0v) is 20.7.